The minimum Gasteiger partial charge on any atom is -0.388 e. The van der Waals surface area contributed by atoms with Crippen LogP contribution < -0.4 is 5.32 Å². The summed E-state index contributed by atoms with van der Waals surface area (Å²) < 4.78 is 0. The maximum atomic E-state index is 12.2. The summed E-state index contributed by atoms with van der Waals surface area (Å²) in [6, 6.07) is 6.62. The van der Waals surface area contributed by atoms with Crippen molar-refractivity contribution in [3.05, 3.63) is 42.5 Å². The van der Waals surface area contributed by atoms with E-state index in [-0.39, 0.29) is 11.8 Å². The molecule has 1 fully saturated rings. The lowest BCUT2D eigenvalue weighted by molar-refractivity contribution is -0.111. The maximum Gasteiger partial charge on any atom is 0.253 e. The van der Waals surface area contributed by atoms with Gasteiger partial charge in [0.1, 0.15) is 0 Å². The van der Waals surface area contributed by atoms with E-state index in [1.54, 1.807) is 31.3 Å². The summed E-state index contributed by atoms with van der Waals surface area (Å²) in [5, 5.41) is 12.4. The highest BCUT2D eigenvalue weighted by molar-refractivity contribution is 5.99. The smallest absolute Gasteiger partial charge is 0.253 e. The lowest BCUT2D eigenvalue weighted by atomic mass is 10.1. The van der Waals surface area contributed by atoms with Crippen LogP contribution in [0.25, 0.3) is 0 Å². The lowest BCUT2D eigenvalue weighted by Gasteiger charge is -2.20. The van der Waals surface area contributed by atoms with E-state index in [0.29, 0.717) is 17.8 Å². The Hall–Kier alpha value is -2.14. The minimum absolute atomic E-state index is 0.146. The molecule has 106 valence electrons. The summed E-state index contributed by atoms with van der Waals surface area (Å²) in [5.41, 5.74) is 0.436. The Kier molecular flexibility index (Phi) is 3.90. The van der Waals surface area contributed by atoms with E-state index in [1.165, 1.54) is 11.0 Å². The van der Waals surface area contributed by atoms with Crippen LogP contribution in [0.1, 0.15) is 23.2 Å². The van der Waals surface area contributed by atoms with Gasteiger partial charge in [-0.3, -0.25) is 9.59 Å². The molecule has 0 aromatic heterocycles. The van der Waals surface area contributed by atoms with Crippen LogP contribution >= 0.6 is 0 Å². The second kappa shape index (κ2) is 5.46. The molecule has 0 unspecified atom stereocenters. The van der Waals surface area contributed by atoms with Gasteiger partial charge in [-0.2, -0.15) is 0 Å². The number of benzene rings is 1. The zero-order chi connectivity index (χ0) is 14.8. The third-order valence-electron chi connectivity index (χ3n) is 3.29. The van der Waals surface area contributed by atoms with Crippen molar-refractivity contribution in [3.8, 4) is 0 Å². The number of likely N-dealkylation sites (N-methyl/N-ethyl adjacent to an activating group) is 1. The number of carbonyl (C=O) groups excluding carboxylic acids is 2. The van der Waals surface area contributed by atoms with E-state index in [2.05, 4.69) is 11.9 Å². The number of nitrogens with zero attached hydrogens (tertiary/aromatic N) is 1. The molecule has 0 aliphatic heterocycles. The molecule has 1 aliphatic carbocycles. The van der Waals surface area contributed by atoms with Gasteiger partial charge in [0.05, 0.1) is 5.60 Å². The zero-order valence-corrected chi connectivity index (χ0v) is 11.4. The normalized spacial score (nSPS) is 15.3. The largest absolute Gasteiger partial charge is 0.388 e. The molecule has 5 nitrogen and oxygen atoms in total. The quantitative estimate of drug-likeness (QED) is 0.798. The average molecular weight is 274 g/mol. The third kappa shape index (κ3) is 3.45. The van der Waals surface area contributed by atoms with E-state index in [1.807, 2.05) is 0 Å². The summed E-state index contributed by atoms with van der Waals surface area (Å²) in [5.74, 6) is -0.441. The predicted molar refractivity (Wildman–Crippen MR) is 76.4 cm³/mol. The Morgan fingerprint density at radius 3 is 2.50 bits per heavy atom. The van der Waals surface area contributed by atoms with E-state index < -0.39 is 5.60 Å². The minimum atomic E-state index is -0.692. The molecule has 0 radical (unpaired) electrons. The summed E-state index contributed by atoms with van der Waals surface area (Å²) in [7, 11) is 1.67. The molecule has 1 aliphatic rings. The molecular weight excluding hydrogens is 256 g/mol. The van der Waals surface area contributed by atoms with Gasteiger partial charge < -0.3 is 15.3 Å². The van der Waals surface area contributed by atoms with Crippen molar-refractivity contribution in [2.75, 3.05) is 18.9 Å². The second-order valence-electron chi connectivity index (χ2n) is 5.16. The fourth-order valence-electron chi connectivity index (χ4n) is 1.93. The first-order chi connectivity index (χ1) is 9.43. The van der Waals surface area contributed by atoms with Crippen LogP contribution in [0.5, 0.6) is 0 Å². The van der Waals surface area contributed by atoms with Crippen LogP contribution in [0, 0.1) is 0 Å². The molecule has 5 heteroatoms. The first-order valence-corrected chi connectivity index (χ1v) is 6.45. The summed E-state index contributed by atoms with van der Waals surface area (Å²) in [6.45, 7) is 3.72. The molecule has 0 atom stereocenters. The van der Waals surface area contributed by atoms with Gasteiger partial charge in [-0.15, -0.1) is 0 Å². The van der Waals surface area contributed by atoms with Crippen molar-refractivity contribution >= 4 is 17.5 Å². The van der Waals surface area contributed by atoms with E-state index in [4.69, 9.17) is 0 Å². The van der Waals surface area contributed by atoms with Crippen molar-refractivity contribution in [1.82, 2.24) is 4.90 Å². The van der Waals surface area contributed by atoms with Crippen LogP contribution in [0.15, 0.2) is 36.9 Å². The fraction of sp³-hybridized carbons (Fsp3) is 0.333. The number of carbonyl (C=O) groups is 2. The molecule has 2 rings (SSSR count). The van der Waals surface area contributed by atoms with Crippen LogP contribution in [-0.4, -0.2) is 41.0 Å². The first kappa shape index (κ1) is 14.3. The van der Waals surface area contributed by atoms with Crippen LogP contribution in [-0.2, 0) is 4.79 Å². The lowest BCUT2D eigenvalue weighted by Crippen LogP contribution is -2.35. The van der Waals surface area contributed by atoms with Gasteiger partial charge in [0, 0.05) is 24.8 Å². The van der Waals surface area contributed by atoms with Gasteiger partial charge in [-0.25, -0.2) is 0 Å². The van der Waals surface area contributed by atoms with Crippen molar-refractivity contribution in [3.63, 3.8) is 0 Å². The highest BCUT2D eigenvalue weighted by atomic mass is 16.3. The van der Waals surface area contributed by atoms with Crippen molar-refractivity contribution in [2.24, 2.45) is 0 Å². The highest BCUT2D eigenvalue weighted by Gasteiger charge is 2.42. The zero-order valence-electron chi connectivity index (χ0n) is 11.4. The molecular formula is C15H18N2O3. The molecule has 1 aromatic carbocycles. The number of hydrogen-bond donors (Lipinski definition) is 2. The monoisotopic (exact) mass is 274 g/mol. The molecule has 2 N–H and O–H groups in total. The van der Waals surface area contributed by atoms with Crippen molar-refractivity contribution in [2.45, 2.75) is 18.4 Å². The van der Waals surface area contributed by atoms with Crippen molar-refractivity contribution < 1.29 is 14.7 Å². The average Bonchev–Trinajstić information content (AvgIpc) is 3.16. The number of aliphatic hydroxyl groups is 1. The van der Waals surface area contributed by atoms with Gasteiger partial charge in [0.15, 0.2) is 0 Å². The Morgan fingerprint density at radius 2 is 2.00 bits per heavy atom. The summed E-state index contributed by atoms with van der Waals surface area (Å²) in [4.78, 5) is 24.8. The molecule has 0 heterocycles. The number of hydrogen-bond acceptors (Lipinski definition) is 3. The highest BCUT2D eigenvalue weighted by Crippen LogP contribution is 2.35. The molecule has 1 aromatic rings. The van der Waals surface area contributed by atoms with Crippen molar-refractivity contribution in [1.29, 1.82) is 0 Å². The standard InChI is InChI=1S/C15H18N2O3/c1-3-13(18)16-12-6-4-11(5-7-12)14(19)17(2)10-15(20)8-9-15/h3-7,20H,1,8-10H2,2H3,(H,16,18). The fourth-order valence-corrected chi connectivity index (χ4v) is 1.93. The van der Waals surface area contributed by atoms with Gasteiger partial charge in [-0.1, -0.05) is 6.58 Å². The number of amides is 2. The first-order valence-electron chi connectivity index (χ1n) is 6.45. The van der Waals surface area contributed by atoms with Crippen LogP contribution in [0.2, 0.25) is 0 Å². The Balaban J connectivity index is 1.99. The second-order valence-corrected chi connectivity index (χ2v) is 5.16. The third-order valence-corrected chi connectivity index (χ3v) is 3.29. The van der Waals surface area contributed by atoms with Gasteiger partial charge in [0.25, 0.3) is 5.91 Å². The topological polar surface area (TPSA) is 69.6 Å². The van der Waals surface area contributed by atoms with Gasteiger partial charge >= 0.3 is 0 Å². The SMILES string of the molecule is C=CC(=O)Nc1ccc(C(=O)N(C)CC2(O)CC2)cc1. The Labute approximate surface area is 117 Å². The summed E-state index contributed by atoms with van der Waals surface area (Å²) >= 11 is 0. The Morgan fingerprint density at radius 1 is 1.40 bits per heavy atom. The van der Waals surface area contributed by atoms with Gasteiger partial charge in [-0.05, 0) is 43.2 Å². The summed E-state index contributed by atoms with van der Waals surface area (Å²) in [6.07, 6.45) is 2.68. The molecule has 0 spiro atoms. The number of anilines is 1. The van der Waals surface area contributed by atoms with Crippen LogP contribution in [0.4, 0.5) is 5.69 Å². The molecule has 20 heavy (non-hydrogen) atoms. The molecule has 2 amide bonds. The predicted octanol–water partition coefficient (Wildman–Crippen LogP) is 1.41. The van der Waals surface area contributed by atoms with E-state index >= 15 is 0 Å². The number of rotatable bonds is 5. The van der Waals surface area contributed by atoms with Crippen LogP contribution in [0.3, 0.4) is 0 Å². The Bertz CT molecular complexity index is 533. The maximum absolute atomic E-state index is 12.2. The van der Waals surface area contributed by atoms with E-state index in [0.717, 1.165) is 12.8 Å². The molecule has 1 saturated carbocycles. The number of nitrogens with one attached hydrogen (secondary N) is 1. The van der Waals surface area contributed by atoms with Gasteiger partial charge in [0.2, 0.25) is 5.91 Å². The molecule has 0 bridgehead atoms. The van der Waals surface area contributed by atoms with E-state index in [9.17, 15) is 14.7 Å². The molecule has 0 saturated heterocycles.